The normalized spacial score (nSPS) is 24.8. The molecule has 1 aromatic rings. The Labute approximate surface area is 149 Å². The number of benzene rings is 1. The summed E-state index contributed by atoms with van der Waals surface area (Å²) in [5, 5.41) is 0. The third-order valence-corrected chi connectivity index (χ3v) is 5.26. The number of carbonyl (C=O) groups is 1. The van der Waals surface area contributed by atoms with Gasteiger partial charge in [0.2, 0.25) is 0 Å². The van der Waals surface area contributed by atoms with Crippen molar-refractivity contribution in [2.24, 2.45) is 0 Å². The fourth-order valence-corrected chi connectivity index (χ4v) is 3.85. The number of likely N-dealkylation sites (tertiary alicyclic amines) is 1. The molecule has 2 aliphatic rings. The van der Waals surface area contributed by atoms with E-state index in [9.17, 15) is 4.79 Å². The van der Waals surface area contributed by atoms with Crippen molar-refractivity contribution in [3.8, 4) is 11.5 Å². The van der Waals surface area contributed by atoms with Crippen molar-refractivity contribution >= 4 is 5.91 Å². The number of likely N-dealkylation sites (N-methyl/N-ethyl adjacent to an activating group) is 1. The molecule has 2 saturated heterocycles. The number of hydrogen-bond donors (Lipinski definition) is 0. The van der Waals surface area contributed by atoms with E-state index < -0.39 is 0 Å². The SMILES string of the molecule is COc1ccc(C(=O)N2CCCC3(CC2)CN(C)CCO3)c(OC)c1. The maximum Gasteiger partial charge on any atom is 0.257 e. The van der Waals surface area contributed by atoms with Gasteiger partial charge in [-0.25, -0.2) is 0 Å². The van der Waals surface area contributed by atoms with Gasteiger partial charge in [0.05, 0.1) is 32.0 Å². The average Bonchev–Trinajstić information content (AvgIpc) is 2.83. The van der Waals surface area contributed by atoms with Gasteiger partial charge in [0.25, 0.3) is 5.91 Å². The van der Waals surface area contributed by atoms with E-state index in [4.69, 9.17) is 14.2 Å². The lowest BCUT2D eigenvalue weighted by atomic mass is 9.93. The van der Waals surface area contributed by atoms with Gasteiger partial charge in [-0.3, -0.25) is 4.79 Å². The summed E-state index contributed by atoms with van der Waals surface area (Å²) < 4.78 is 16.8. The molecule has 1 aromatic carbocycles. The first-order chi connectivity index (χ1) is 12.1. The van der Waals surface area contributed by atoms with E-state index in [2.05, 4.69) is 11.9 Å². The molecule has 2 heterocycles. The summed E-state index contributed by atoms with van der Waals surface area (Å²) >= 11 is 0. The number of amides is 1. The smallest absolute Gasteiger partial charge is 0.257 e. The predicted molar refractivity (Wildman–Crippen MR) is 95.5 cm³/mol. The highest BCUT2D eigenvalue weighted by Gasteiger charge is 2.38. The van der Waals surface area contributed by atoms with Crippen molar-refractivity contribution in [2.45, 2.75) is 24.9 Å². The molecule has 3 rings (SSSR count). The van der Waals surface area contributed by atoms with E-state index in [1.54, 1.807) is 32.4 Å². The summed E-state index contributed by atoms with van der Waals surface area (Å²) in [5.41, 5.74) is 0.479. The van der Waals surface area contributed by atoms with Gasteiger partial charge in [-0.1, -0.05) is 0 Å². The second kappa shape index (κ2) is 7.62. The number of hydrogen-bond acceptors (Lipinski definition) is 5. The van der Waals surface area contributed by atoms with Gasteiger partial charge in [0.15, 0.2) is 0 Å². The number of rotatable bonds is 3. The summed E-state index contributed by atoms with van der Waals surface area (Å²) in [4.78, 5) is 17.3. The zero-order chi connectivity index (χ0) is 17.9. The number of nitrogens with zero attached hydrogens (tertiary/aromatic N) is 2. The minimum Gasteiger partial charge on any atom is -0.497 e. The van der Waals surface area contributed by atoms with Crippen LogP contribution in [0.3, 0.4) is 0 Å². The van der Waals surface area contributed by atoms with Gasteiger partial charge in [-0.05, 0) is 38.4 Å². The van der Waals surface area contributed by atoms with Gasteiger partial charge >= 0.3 is 0 Å². The average molecular weight is 348 g/mol. The molecule has 138 valence electrons. The molecule has 0 radical (unpaired) electrons. The van der Waals surface area contributed by atoms with Crippen LogP contribution in [-0.2, 0) is 4.74 Å². The van der Waals surface area contributed by atoms with E-state index in [0.29, 0.717) is 23.6 Å². The molecule has 1 unspecified atom stereocenters. The second-order valence-corrected chi connectivity index (χ2v) is 6.98. The predicted octanol–water partition coefficient (Wildman–Crippen LogP) is 2.03. The van der Waals surface area contributed by atoms with Gasteiger partial charge < -0.3 is 24.0 Å². The van der Waals surface area contributed by atoms with E-state index >= 15 is 0 Å². The molecule has 2 fully saturated rings. The third kappa shape index (κ3) is 3.90. The van der Waals surface area contributed by atoms with Crippen LogP contribution in [0.25, 0.3) is 0 Å². The van der Waals surface area contributed by atoms with E-state index in [1.165, 1.54) is 0 Å². The zero-order valence-corrected chi connectivity index (χ0v) is 15.4. The van der Waals surface area contributed by atoms with Gasteiger partial charge in [0.1, 0.15) is 11.5 Å². The van der Waals surface area contributed by atoms with Crippen LogP contribution in [0.15, 0.2) is 18.2 Å². The first-order valence-electron chi connectivity index (χ1n) is 8.91. The van der Waals surface area contributed by atoms with Crippen LogP contribution in [-0.4, -0.2) is 75.4 Å². The summed E-state index contributed by atoms with van der Waals surface area (Å²) in [6, 6.07) is 5.34. The summed E-state index contributed by atoms with van der Waals surface area (Å²) in [5.74, 6) is 1.25. The standard InChI is InChI=1S/C19H28N2O4/c1-20-11-12-25-19(14-20)7-4-9-21(10-8-19)18(22)16-6-5-15(23-2)13-17(16)24-3/h5-6,13H,4,7-12,14H2,1-3H3. The van der Waals surface area contributed by atoms with Crippen molar-refractivity contribution in [3.05, 3.63) is 23.8 Å². The van der Waals surface area contributed by atoms with Crippen molar-refractivity contribution in [2.75, 3.05) is 54.1 Å². The Morgan fingerprint density at radius 3 is 2.72 bits per heavy atom. The first-order valence-corrected chi connectivity index (χ1v) is 8.91. The lowest BCUT2D eigenvalue weighted by Gasteiger charge is -2.41. The minimum atomic E-state index is -0.105. The molecule has 6 nitrogen and oxygen atoms in total. The number of ether oxygens (including phenoxy) is 3. The minimum absolute atomic E-state index is 0.0146. The highest BCUT2D eigenvalue weighted by molar-refractivity contribution is 5.97. The second-order valence-electron chi connectivity index (χ2n) is 6.98. The van der Waals surface area contributed by atoms with Crippen LogP contribution in [0.1, 0.15) is 29.6 Å². The molecule has 0 aliphatic carbocycles. The van der Waals surface area contributed by atoms with E-state index in [1.807, 2.05) is 4.90 Å². The lowest BCUT2D eigenvalue weighted by molar-refractivity contribution is -0.110. The fourth-order valence-electron chi connectivity index (χ4n) is 3.85. The quantitative estimate of drug-likeness (QED) is 0.837. The van der Waals surface area contributed by atoms with Crippen LogP contribution in [0, 0.1) is 0 Å². The van der Waals surface area contributed by atoms with Crippen LogP contribution >= 0.6 is 0 Å². The molecule has 1 atom stereocenters. The lowest BCUT2D eigenvalue weighted by Crippen LogP contribution is -2.50. The number of methoxy groups -OCH3 is 2. The highest BCUT2D eigenvalue weighted by atomic mass is 16.5. The van der Waals surface area contributed by atoms with Crippen molar-refractivity contribution in [1.82, 2.24) is 9.80 Å². The highest BCUT2D eigenvalue weighted by Crippen LogP contribution is 2.31. The Morgan fingerprint density at radius 2 is 2.00 bits per heavy atom. The van der Waals surface area contributed by atoms with Crippen LogP contribution in [0.2, 0.25) is 0 Å². The maximum atomic E-state index is 13.0. The molecule has 0 aromatic heterocycles. The molecule has 6 heteroatoms. The van der Waals surface area contributed by atoms with Crippen LogP contribution in [0.4, 0.5) is 0 Å². The molecule has 25 heavy (non-hydrogen) atoms. The Morgan fingerprint density at radius 1 is 1.16 bits per heavy atom. The third-order valence-electron chi connectivity index (χ3n) is 5.26. The van der Waals surface area contributed by atoms with Gasteiger partial charge in [-0.2, -0.15) is 0 Å². The zero-order valence-electron chi connectivity index (χ0n) is 15.4. The van der Waals surface area contributed by atoms with Gasteiger partial charge in [-0.15, -0.1) is 0 Å². The molecule has 0 bridgehead atoms. The van der Waals surface area contributed by atoms with E-state index in [-0.39, 0.29) is 11.5 Å². The number of morpholine rings is 1. The fraction of sp³-hybridized carbons (Fsp3) is 0.632. The Balaban J connectivity index is 1.73. The molecular formula is C19H28N2O4. The van der Waals surface area contributed by atoms with Crippen LogP contribution < -0.4 is 9.47 Å². The van der Waals surface area contributed by atoms with Crippen molar-refractivity contribution < 1.29 is 19.0 Å². The van der Waals surface area contributed by atoms with Crippen molar-refractivity contribution in [1.29, 1.82) is 0 Å². The summed E-state index contributed by atoms with van der Waals surface area (Å²) in [6.07, 6.45) is 2.83. The molecule has 1 spiro atoms. The Kier molecular flexibility index (Phi) is 5.49. The monoisotopic (exact) mass is 348 g/mol. The summed E-state index contributed by atoms with van der Waals surface area (Å²) in [6.45, 7) is 4.16. The summed E-state index contributed by atoms with van der Waals surface area (Å²) in [7, 11) is 5.32. The van der Waals surface area contributed by atoms with E-state index in [0.717, 1.165) is 45.5 Å². The maximum absolute atomic E-state index is 13.0. The Hall–Kier alpha value is -1.79. The van der Waals surface area contributed by atoms with Crippen LogP contribution in [0.5, 0.6) is 11.5 Å². The molecule has 1 amide bonds. The molecule has 2 aliphatic heterocycles. The first kappa shape index (κ1) is 18.0. The Bertz CT molecular complexity index is 621. The van der Waals surface area contributed by atoms with Crippen molar-refractivity contribution in [3.63, 3.8) is 0 Å². The molecular weight excluding hydrogens is 320 g/mol. The topological polar surface area (TPSA) is 51.2 Å². The number of carbonyl (C=O) groups excluding carboxylic acids is 1. The van der Waals surface area contributed by atoms with Gasteiger partial charge in [0, 0.05) is 32.2 Å². The largest absolute Gasteiger partial charge is 0.497 e. The molecule has 0 saturated carbocycles. The molecule has 0 N–H and O–H groups in total.